The van der Waals surface area contributed by atoms with Gasteiger partial charge in [0.1, 0.15) is 0 Å². The molecule has 108 valence electrons. The van der Waals surface area contributed by atoms with Gasteiger partial charge in [-0.25, -0.2) is 0 Å². The number of benzene rings is 1. The number of hydrogen-bond donors (Lipinski definition) is 1. The molecule has 2 aliphatic rings. The Kier molecular flexibility index (Phi) is 3.13. The van der Waals surface area contributed by atoms with Gasteiger partial charge in [-0.3, -0.25) is 4.79 Å². The second-order valence-electron chi connectivity index (χ2n) is 7.64. The number of hydrogen-bond acceptors (Lipinski definition) is 1. The van der Waals surface area contributed by atoms with Gasteiger partial charge in [0.05, 0.1) is 20.1 Å². The number of carbonyl (C=O) groups is 1. The molecule has 2 bridgehead atoms. The Hall–Kier alpha value is -1.35. The van der Waals surface area contributed by atoms with Crippen LogP contribution in [-0.2, 0) is 0 Å². The lowest BCUT2D eigenvalue weighted by Gasteiger charge is -2.53. The standard InChI is InChI=1S/C17H24N2O/c1-16-9-17(2,11-18(3)10-16)13-19(12-16)15(20)14-7-5-4-6-8-14/h4-8H,9-13H2,1-3H3/p+1/t16-,17+. The molecular formula is C17H25N2O+. The number of likely N-dealkylation sites (tertiary alicyclic amines) is 2. The van der Waals surface area contributed by atoms with Gasteiger partial charge in [0, 0.05) is 29.5 Å². The predicted octanol–water partition coefficient (Wildman–Crippen LogP) is 1.07. The molecule has 2 heterocycles. The molecule has 3 heteroatoms. The minimum Gasteiger partial charge on any atom is -0.337 e. The van der Waals surface area contributed by atoms with Crippen molar-refractivity contribution in [3.05, 3.63) is 35.9 Å². The van der Waals surface area contributed by atoms with E-state index < -0.39 is 0 Å². The highest BCUT2D eigenvalue weighted by atomic mass is 16.2. The van der Waals surface area contributed by atoms with Crippen LogP contribution in [0.1, 0.15) is 30.6 Å². The van der Waals surface area contributed by atoms with Crippen LogP contribution in [0.5, 0.6) is 0 Å². The Labute approximate surface area is 121 Å². The van der Waals surface area contributed by atoms with E-state index in [-0.39, 0.29) is 16.7 Å². The monoisotopic (exact) mass is 273 g/mol. The molecule has 0 spiro atoms. The summed E-state index contributed by atoms with van der Waals surface area (Å²) in [7, 11) is 2.28. The second kappa shape index (κ2) is 4.59. The molecule has 3 nitrogen and oxygen atoms in total. The molecular weight excluding hydrogens is 248 g/mol. The van der Waals surface area contributed by atoms with Crippen molar-refractivity contribution in [2.45, 2.75) is 20.3 Å². The zero-order valence-electron chi connectivity index (χ0n) is 12.8. The Morgan fingerprint density at radius 2 is 1.65 bits per heavy atom. The Morgan fingerprint density at radius 1 is 1.10 bits per heavy atom. The average molecular weight is 273 g/mol. The van der Waals surface area contributed by atoms with E-state index in [1.807, 2.05) is 30.3 Å². The summed E-state index contributed by atoms with van der Waals surface area (Å²) in [5.41, 5.74) is 1.35. The Balaban J connectivity index is 1.85. The summed E-state index contributed by atoms with van der Waals surface area (Å²) in [5, 5.41) is 0. The SMILES string of the molecule is C[NH+]1C[C@]2(C)CN(C(=O)c3ccccc3)C[C@](C)(C1)C2. The van der Waals surface area contributed by atoms with Gasteiger partial charge in [0.2, 0.25) is 0 Å². The molecule has 2 aliphatic heterocycles. The van der Waals surface area contributed by atoms with E-state index in [0.29, 0.717) is 0 Å². The number of quaternary nitrogens is 1. The average Bonchev–Trinajstić information content (AvgIpc) is 2.35. The molecule has 0 radical (unpaired) electrons. The molecule has 0 saturated carbocycles. The maximum absolute atomic E-state index is 12.7. The van der Waals surface area contributed by atoms with Crippen molar-refractivity contribution in [1.29, 1.82) is 0 Å². The molecule has 1 amide bonds. The van der Waals surface area contributed by atoms with Crippen LogP contribution in [0.15, 0.2) is 30.3 Å². The maximum atomic E-state index is 12.7. The maximum Gasteiger partial charge on any atom is 0.253 e. The first-order valence-electron chi connectivity index (χ1n) is 7.55. The highest BCUT2D eigenvalue weighted by Crippen LogP contribution is 2.41. The lowest BCUT2D eigenvalue weighted by Crippen LogP contribution is -3.14. The molecule has 1 aromatic carbocycles. The fourth-order valence-corrected chi connectivity index (χ4v) is 4.78. The smallest absolute Gasteiger partial charge is 0.253 e. The van der Waals surface area contributed by atoms with Crippen LogP contribution < -0.4 is 4.90 Å². The van der Waals surface area contributed by atoms with Crippen molar-refractivity contribution in [3.63, 3.8) is 0 Å². The van der Waals surface area contributed by atoms with Gasteiger partial charge in [-0.15, -0.1) is 0 Å². The molecule has 0 aliphatic carbocycles. The minimum atomic E-state index is 0.197. The first-order valence-corrected chi connectivity index (χ1v) is 7.55. The normalized spacial score (nSPS) is 36.8. The molecule has 3 atom stereocenters. The molecule has 20 heavy (non-hydrogen) atoms. The summed E-state index contributed by atoms with van der Waals surface area (Å²) < 4.78 is 0. The highest BCUT2D eigenvalue weighted by molar-refractivity contribution is 5.94. The summed E-state index contributed by atoms with van der Waals surface area (Å²) in [4.78, 5) is 16.4. The molecule has 1 N–H and O–H groups in total. The molecule has 2 fully saturated rings. The largest absolute Gasteiger partial charge is 0.337 e. The third-order valence-corrected chi connectivity index (χ3v) is 4.76. The van der Waals surface area contributed by atoms with Gasteiger partial charge < -0.3 is 9.80 Å². The number of amides is 1. The quantitative estimate of drug-likeness (QED) is 0.813. The molecule has 0 aromatic heterocycles. The number of rotatable bonds is 1. The summed E-state index contributed by atoms with van der Waals surface area (Å²) in [6.07, 6.45) is 1.25. The third-order valence-electron chi connectivity index (χ3n) is 4.76. The summed E-state index contributed by atoms with van der Waals surface area (Å²) in [6, 6.07) is 9.70. The minimum absolute atomic E-state index is 0.197. The molecule has 1 aromatic rings. The van der Waals surface area contributed by atoms with E-state index in [1.54, 1.807) is 4.90 Å². The van der Waals surface area contributed by atoms with Gasteiger partial charge in [-0.05, 0) is 18.6 Å². The fourth-order valence-electron chi connectivity index (χ4n) is 4.78. The lowest BCUT2D eigenvalue weighted by atomic mass is 9.65. The first-order chi connectivity index (χ1) is 9.39. The van der Waals surface area contributed by atoms with Crippen molar-refractivity contribution in [2.75, 3.05) is 33.2 Å². The third kappa shape index (κ3) is 2.47. The van der Waals surface area contributed by atoms with E-state index in [9.17, 15) is 4.79 Å². The van der Waals surface area contributed by atoms with Crippen LogP contribution in [-0.4, -0.2) is 44.0 Å². The van der Waals surface area contributed by atoms with Crippen LogP contribution in [0, 0.1) is 10.8 Å². The van der Waals surface area contributed by atoms with E-state index >= 15 is 0 Å². The van der Waals surface area contributed by atoms with Gasteiger partial charge >= 0.3 is 0 Å². The Morgan fingerprint density at radius 3 is 2.20 bits per heavy atom. The van der Waals surface area contributed by atoms with Gasteiger partial charge in [-0.1, -0.05) is 32.0 Å². The van der Waals surface area contributed by atoms with E-state index in [1.165, 1.54) is 19.5 Å². The lowest BCUT2D eigenvalue weighted by molar-refractivity contribution is -0.902. The molecule has 2 saturated heterocycles. The van der Waals surface area contributed by atoms with Crippen LogP contribution in [0.2, 0.25) is 0 Å². The number of nitrogens with one attached hydrogen (secondary N) is 1. The zero-order chi connectivity index (χ0) is 14.4. The molecule has 1 unspecified atom stereocenters. The second-order valence-corrected chi connectivity index (χ2v) is 7.64. The van der Waals surface area contributed by atoms with E-state index in [4.69, 9.17) is 0 Å². The van der Waals surface area contributed by atoms with E-state index in [2.05, 4.69) is 25.8 Å². The van der Waals surface area contributed by atoms with Gasteiger partial charge in [0.15, 0.2) is 0 Å². The highest BCUT2D eigenvalue weighted by Gasteiger charge is 2.51. The van der Waals surface area contributed by atoms with Crippen molar-refractivity contribution in [1.82, 2.24) is 4.90 Å². The van der Waals surface area contributed by atoms with E-state index in [0.717, 1.165) is 18.7 Å². The summed E-state index contributed by atoms with van der Waals surface area (Å²) >= 11 is 0. The number of carbonyl (C=O) groups excluding carboxylic acids is 1. The predicted molar refractivity (Wildman–Crippen MR) is 79.8 cm³/mol. The van der Waals surface area contributed by atoms with Crippen molar-refractivity contribution in [3.8, 4) is 0 Å². The van der Waals surface area contributed by atoms with Gasteiger partial charge in [-0.2, -0.15) is 0 Å². The summed E-state index contributed by atoms with van der Waals surface area (Å²) in [5.74, 6) is 0.197. The van der Waals surface area contributed by atoms with Crippen molar-refractivity contribution < 1.29 is 9.69 Å². The Bertz CT molecular complexity index is 495. The zero-order valence-corrected chi connectivity index (χ0v) is 12.8. The van der Waals surface area contributed by atoms with Crippen molar-refractivity contribution >= 4 is 5.91 Å². The van der Waals surface area contributed by atoms with Crippen LogP contribution in [0.3, 0.4) is 0 Å². The number of piperidine rings is 2. The van der Waals surface area contributed by atoms with Crippen LogP contribution in [0.25, 0.3) is 0 Å². The molecule has 3 rings (SSSR count). The number of fused-ring (bicyclic) bond motifs is 2. The fraction of sp³-hybridized carbons (Fsp3) is 0.588. The topological polar surface area (TPSA) is 24.8 Å². The van der Waals surface area contributed by atoms with Crippen molar-refractivity contribution in [2.24, 2.45) is 10.8 Å². The number of nitrogens with zero attached hydrogens (tertiary/aromatic N) is 1. The van der Waals surface area contributed by atoms with Crippen LogP contribution >= 0.6 is 0 Å². The van der Waals surface area contributed by atoms with Crippen LogP contribution in [0.4, 0.5) is 0 Å². The van der Waals surface area contributed by atoms with Gasteiger partial charge in [0.25, 0.3) is 5.91 Å². The first kappa shape index (κ1) is 13.6. The summed E-state index contributed by atoms with van der Waals surface area (Å²) in [6.45, 7) is 8.82.